The third-order valence-electron chi connectivity index (χ3n) is 3.72. The molecule has 112 valence electrons. The minimum absolute atomic E-state index is 0.0460. The predicted octanol–water partition coefficient (Wildman–Crippen LogP) is 2.62. The first-order chi connectivity index (χ1) is 10.4. The quantitative estimate of drug-likeness (QED) is 0.866. The number of carbonyl (C=O) groups excluding carboxylic acids is 2. The zero-order valence-corrected chi connectivity index (χ0v) is 12.6. The van der Waals surface area contributed by atoms with E-state index in [1.165, 1.54) is 0 Å². The molecule has 2 amide bonds. The van der Waals surface area contributed by atoms with E-state index in [1.54, 1.807) is 38.1 Å². The van der Waals surface area contributed by atoms with Crippen molar-refractivity contribution < 1.29 is 14.0 Å². The number of aryl methyl sites for hydroxylation is 2. The van der Waals surface area contributed by atoms with Crippen LogP contribution in [0.25, 0.3) is 0 Å². The van der Waals surface area contributed by atoms with Gasteiger partial charge in [-0.3, -0.25) is 9.59 Å². The van der Waals surface area contributed by atoms with E-state index in [0.29, 0.717) is 22.8 Å². The van der Waals surface area contributed by atoms with E-state index in [-0.39, 0.29) is 17.7 Å². The average molecular weight is 296 g/mol. The smallest absolute Gasteiger partial charge is 0.281 e. The summed E-state index contributed by atoms with van der Waals surface area (Å²) in [4.78, 5) is 27.9. The van der Waals surface area contributed by atoms with Crippen LogP contribution in [0.3, 0.4) is 0 Å². The second-order valence-electron chi connectivity index (χ2n) is 5.48. The number of amides is 2. The molecule has 1 atom stereocenters. The van der Waals surface area contributed by atoms with Gasteiger partial charge in [0, 0.05) is 17.7 Å². The molecule has 3 rings (SSSR count). The number of nitrogens with zero attached hydrogens (tertiary/aromatic N) is 1. The van der Waals surface area contributed by atoms with Crippen LogP contribution in [0.15, 0.2) is 51.1 Å². The van der Waals surface area contributed by atoms with Crippen molar-refractivity contribution in [2.75, 3.05) is 0 Å². The Bertz CT molecular complexity index is 791. The lowest BCUT2D eigenvalue weighted by Gasteiger charge is -2.25. The van der Waals surface area contributed by atoms with Crippen LogP contribution in [-0.2, 0) is 4.79 Å². The molecule has 0 fully saturated rings. The van der Waals surface area contributed by atoms with Crippen molar-refractivity contribution in [2.24, 2.45) is 10.9 Å². The van der Waals surface area contributed by atoms with Gasteiger partial charge in [-0.25, -0.2) is 4.99 Å². The van der Waals surface area contributed by atoms with Crippen molar-refractivity contribution in [3.05, 3.63) is 58.7 Å². The Balaban J connectivity index is 1.90. The Morgan fingerprint density at radius 3 is 2.73 bits per heavy atom. The number of nitrogens with one attached hydrogen (secondary N) is 1. The van der Waals surface area contributed by atoms with Crippen LogP contribution in [-0.4, -0.2) is 17.5 Å². The maximum Gasteiger partial charge on any atom is 0.281 e. The van der Waals surface area contributed by atoms with E-state index in [1.807, 2.05) is 13.0 Å². The minimum Gasteiger partial charge on any atom is -0.466 e. The number of aliphatic imine (C=N–C) groups is 1. The Morgan fingerprint density at radius 1 is 1.27 bits per heavy atom. The highest BCUT2D eigenvalue weighted by atomic mass is 16.3. The molecule has 0 spiro atoms. The molecule has 0 bridgehead atoms. The van der Waals surface area contributed by atoms with Crippen LogP contribution in [0.4, 0.5) is 0 Å². The van der Waals surface area contributed by atoms with Gasteiger partial charge in [-0.15, -0.1) is 0 Å². The van der Waals surface area contributed by atoms with Crippen LogP contribution in [0.2, 0.25) is 0 Å². The van der Waals surface area contributed by atoms with Gasteiger partial charge in [0.2, 0.25) is 5.91 Å². The monoisotopic (exact) mass is 296 g/mol. The maximum absolute atomic E-state index is 12.2. The van der Waals surface area contributed by atoms with Gasteiger partial charge in [-0.05, 0) is 39.0 Å². The molecular formula is C17H16N2O3. The number of fused-ring (bicyclic) bond motifs is 1. The van der Waals surface area contributed by atoms with Crippen molar-refractivity contribution in [1.82, 2.24) is 5.32 Å². The van der Waals surface area contributed by atoms with Gasteiger partial charge in [-0.2, -0.15) is 0 Å². The molecule has 0 saturated heterocycles. The highest BCUT2D eigenvalue weighted by Crippen LogP contribution is 2.26. The fraction of sp³-hybridized carbons (Fsp3) is 0.235. The molecule has 22 heavy (non-hydrogen) atoms. The van der Waals surface area contributed by atoms with Crippen molar-refractivity contribution >= 4 is 17.5 Å². The Hall–Kier alpha value is -2.69. The number of carbonyl (C=O) groups is 2. The molecule has 5 nitrogen and oxygen atoms in total. The number of furan rings is 1. The fourth-order valence-electron chi connectivity index (χ4n) is 2.67. The summed E-state index contributed by atoms with van der Waals surface area (Å²) in [5.74, 6) is 0.784. The van der Waals surface area contributed by atoms with Crippen molar-refractivity contribution in [3.8, 4) is 0 Å². The Morgan fingerprint density at radius 2 is 2.05 bits per heavy atom. The first kappa shape index (κ1) is 14.3. The molecule has 0 saturated carbocycles. The summed E-state index contributed by atoms with van der Waals surface area (Å²) in [7, 11) is 0. The average Bonchev–Trinajstić information content (AvgIpc) is 2.77. The molecule has 1 aromatic heterocycles. The summed E-state index contributed by atoms with van der Waals surface area (Å²) in [6.07, 6.45) is 7.04. The summed E-state index contributed by atoms with van der Waals surface area (Å²) in [6, 6.07) is 1.68. The lowest BCUT2D eigenvalue weighted by Crippen LogP contribution is -2.32. The standard InChI is InChI=1S/C17H16N2O3/c1-9-6-16(20)19-15-8-12(4-5-13(9)15)18-17(21)14-7-10(2)22-11(14)3/h4-8,13H,1-3H3,(H,19,20). The number of hydrogen-bond acceptors (Lipinski definition) is 3. The van der Waals surface area contributed by atoms with Crippen LogP contribution >= 0.6 is 0 Å². The lowest BCUT2D eigenvalue weighted by molar-refractivity contribution is -0.116. The molecule has 2 aliphatic rings. The van der Waals surface area contributed by atoms with Crippen LogP contribution < -0.4 is 5.32 Å². The summed E-state index contributed by atoms with van der Waals surface area (Å²) in [5, 5.41) is 2.79. The van der Waals surface area contributed by atoms with Gasteiger partial charge in [0.1, 0.15) is 11.5 Å². The molecule has 5 heteroatoms. The van der Waals surface area contributed by atoms with Crippen molar-refractivity contribution in [2.45, 2.75) is 20.8 Å². The third-order valence-corrected chi connectivity index (χ3v) is 3.72. The SMILES string of the molecule is CC1=CC(=O)NC2=CC(=NC(=O)c3cc(C)oc3C)C=CC12. The van der Waals surface area contributed by atoms with Gasteiger partial charge >= 0.3 is 0 Å². The largest absolute Gasteiger partial charge is 0.466 e. The van der Waals surface area contributed by atoms with E-state index < -0.39 is 0 Å². The lowest BCUT2D eigenvalue weighted by atomic mass is 9.89. The fourth-order valence-corrected chi connectivity index (χ4v) is 2.67. The highest BCUT2D eigenvalue weighted by molar-refractivity contribution is 6.14. The van der Waals surface area contributed by atoms with Crippen molar-refractivity contribution in [1.29, 1.82) is 0 Å². The van der Waals surface area contributed by atoms with E-state index in [0.717, 1.165) is 11.3 Å². The van der Waals surface area contributed by atoms with Gasteiger partial charge in [-0.1, -0.05) is 11.6 Å². The summed E-state index contributed by atoms with van der Waals surface area (Å²) in [6.45, 7) is 5.43. The minimum atomic E-state index is -0.348. The summed E-state index contributed by atoms with van der Waals surface area (Å²) < 4.78 is 5.35. The highest BCUT2D eigenvalue weighted by Gasteiger charge is 2.24. The summed E-state index contributed by atoms with van der Waals surface area (Å²) >= 11 is 0. The number of allylic oxidation sites excluding steroid dienone is 3. The second-order valence-corrected chi connectivity index (χ2v) is 5.48. The Labute approximate surface area is 128 Å². The second kappa shape index (κ2) is 5.26. The predicted molar refractivity (Wildman–Crippen MR) is 82.6 cm³/mol. The third kappa shape index (κ3) is 2.57. The molecule has 1 aliphatic carbocycles. The van der Waals surface area contributed by atoms with E-state index in [9.17, 15) is 9.59 Å². The van der Waals surface area contributed by atoms with Crippen molar-refractivity contribution in [3.63, 3.8) is 0 Å². The molecule has 1 aliphatic heterocycles. The Kier molecular flexibility index (Phi) is 3.41. The summed E-state index contributed by atoms with van der Waals surface area (Å²) in [5.41, 5.74) is 2.70. The zero-order valence-electron chi connectivity index (χ0n) is 12.6. The number of hydrogen-bond donors (Lipinski definition) is 1. The van der Waals surface area contributed by atoms with Crippen LogP contribution in [0, 0.1) is 19.8 Å². The van der Waals surface area contributed by atoms with Gasteiger partial charge in [0.25, 0.3) is 5.91 Å². The van der Waals surface area contributed by atoms with Gasteiger partial charge in [0.15, 0.2) is 0 Å². The van der Waals surface area contributed by atoms with E-state index >= 15 is 0 Å². The molecule has 0 aromatic carbocycles. The van der Waals surface area contributed by atoms with Crippen LogP contribution in [0.1, 0.15) is 28.8 Å². The first-order valence-electron chi connectivity index (χ1n) is 7.03. The van der Waals surface area contributed by atoms with Gasteiger partial charge in [0.05, 0.1) is 11.3 Å². The van der Waals surface area contributed by atoms with E-state index in [4.69, 9.17) is 4.42 Å². The molecule has 1 aromatic rings. The first-order valence-corrected chi connectivity index (χ1v) is 7.03. The molecule has 0 radical (unpaired) electrons. The van der Waals surface area contributed by atoms with Gasteiger partial charge < -0.3 is 9.73 Å². The zero-order chi connectivity index (χ0) is 15.9. The maximum atomic E-state index is 12.2. The topological polar surface area (TPSA) is 71.7 Å². The van der Waals surface area contributed by atoms with Crippen LogP contribution in [0.5, 0.6) is 0 Å². The molecular weight excluding hydrogens is 280 g/mol. The number of rotatable bonds is 1. The molecule has 1 unspecified atom stereocenters. The van der Waals surface area contributed by atoms with E-state index in [2.05, 4.69) is 10.3 Å². The normalized spacial score (nSPS) is 22.0. The molecule has 2 heterocycles. The molecule has 1 N–H and O–H groups in total.